The highest BCUT2D eigenvalue weighted by Crippen LogP contribution is 2.30. The average molecular weight is 418 g/mol. The first-order valence-electron chi connectivity index (χ1n) is 9.63. The van der Waals surface area contributed by atoms with E-state index in [1.807, 2.05) is 73.7 Å². The summed E-state index contributed by atoms with van der Waals surface area (Å²) in [5.41, 5.74) is 3.66. The molecule has 0 bridgehead atoms. The van der Waals surface area contributed by atoms with Gasteiger partial charge in [-0.05, 0) is 42.8 Å². The third kappa shape index (κ3) is 4.44. The molecule has 1 aromatic heterocycles. The predicted octanol–water partition coefficient (Wildman–Crippen LogP) is 6.10. The Bertz CT molecular complexity index is 1210. The van der Waals surface area contributed by atoms with E-state index < -0.39 is 5.97 Å². The highest BCUT2D eigenvalue weighted by molar-refractivity contribution is 6.33. The zero-order chi connectivity index (χ0) is 20.9. The maximum Gasteiger partial charge on any atom is 0.339 e. The number of halogens is 1. The summed E-state index contributed by atoms with van der Waals surface area (Å²) >= 11 is 6.34. The van der Waals surface area contributed by atoms with Crippen LogP contribution in [0.2, 0.25) is 5.02 Å². The van der Waals surface area contributed by atoms with E-state index in [0.29, 0.717) is 21.8 Å². The third-order valence-corrected chi connectivity index (χ3v) is 4.99. The summed E-state index contributed by atoms with van der Waals surface area (Å²) in [6.45, 7) is 2.42. The van der Waals surface area contributed by atoms with Crippen molar-refractivity contribution in [3.05, 3.63) is 95.0 Å². The molecule has 0 unspecified atom stereocenters. The smallest absolute Gasteiger partial charge is 0.339 e. The fourth-order valence-corrected chi connectivity index (χ4v) is 3.46. The Morgan fingerprint density at radius 2 is 1.73 bits per heavy atom. The Kier molecular flexibility index (Phi) is 5.96. The quantitative estimate of drug-likeness (QED) is 0.281. The van der Waals surface area contributed by atoms with Crippen molar-refractivity contribution in [3.8, 4) is 17.0 Å². The van der Waals surface area contributed by atoms with Gasteiger partial charge in [0.1, 0.15) is 19.0 Å². The first-order valence-corrected chi connectivity index (χ1v) is 10.0. The Morgan fingerprint density at radius 3 is 2.57 bits per heavy atom. The standard InChI is InChI=1S/C25H20ClNO3/c1-17-7-6-8-18(15-17)29-13-14-30-25(28)21-16-24(20-10-2-4-11-22(20)26)27-23-12-5-3-9-19(21)23/h2-12,15-16H,13-14H2,1H3. The number of ether oxygens (including phenoxy) is 2. The molecule has 0 radical (unpaired) electrons. The van der Waals surface area contributed by atoms with Gasteiger partial charge in [0.2, 0.25) is 0 Å². The number of fused-ring (bicyclic) bond motifs is 1. The van der Waals surface area contributed by atoms with Gasteiger partial charge < -0.3 is 9.47 Å². The van der Waals surface area contributed by atoms with Crippen LogP contribution < -0.4 is 4.74 Å². The van der Waals surface area contributed by atoms with Crippen LogP contribution in [0.1, 0.15) is 15.9 Å². The summed E-state index contributed by atoms with van der Waals surface area (Å²) in [5.74, 6) is 0.330. The minimum atomic E-state index is -0.422. The lowest BCUT2D eigenvalue weighted by Crippen LogP contribution is -2.13. The Morgan fingerprint density at radius 1 is 0.933 bits per heavy atom. The van der Waals surface area contributed by atoms with Gasteiger partial charge in [-0.2, -0.15) is 0 Å². The van der Waals surface area contributed by atoms with E-state index >= 15 is 0 Å². The third-order valence-electron chi connectivity index (χ3n) is 4.66. The fourth-order valence-electron chi connectivity index (χ4n) is 3.23. The van der Waals surface area contributed by atoms with Crippen LogP contribution in [0.15, 0.2) is 78.9 Å². The number of pyridine rings is 1. The SMILES string of the molecule is Cc1cccc(OCCOC(=O)c2cc(-c3ccccc3Cl)nc3ccccc23)c1. The molecular weight excluding hydrogens is 398 g/mol. The van der Waals surface area contributed by atoms with Crippen LogP contribution >= 0.6 is 11.6 Å². The summed E-state index contributed by atoms with van der Waals surface area (Å²) in [6.07, 6.45) is 0. The lowest BCUT2D eigenvalue weighted by molar-refractivity contribution is 0.0452. The fraction of sp³-hybridized carbons (Fsp3) is 0.120. The van der Waals surface area contributed by atoms with Crippen molar-refractivity contribution in [2.24, 2.45) is 0 Å². The van der Waals surface area contributed by atoms with Crippen LogP contribution in [0.3, 0.4) is 0 Å². The number of benzene rings is 3. The van der Waals surface area contributed by atoms with Crippen molar-refractivity contribution in [1.82, 2.24) is 4.98 Å². The van der Waals surface area contributed by atoms with Crippen molar-refractivity contribution in [1.29, 1.82) is 0 Å². The van der Waals surface area contributed by atoms with E-state index in [9.17, 15) is 4.79 Å². The van der Waals surface area contributed by atoms with Gasteiger partial charge in [0.25, 0.3) is 0 Å². The molecule has 4 aromatic rings. The number of hydrogen-bond donors (Lipinski definition) is 0. The number of rotatable bonds is 6. The second-order valence-corrected chi connectivity index (χ2v) is 7.26. The monoisotopic (exact) mass is 417 g/mol. The van der Waals surface area contributed by atoms with Crippen LogP contribution in [0.25, 0.3) is 22.2 Å². The van der Waals surface area contributed by atoms with Crippen LogP contribution in [0.5, 0.6) is 5.75 Å². The molecule has 0 N–H and O–H groups in total. The Labute approximate surface area is 180 Å². The molecule has 150 valence electrons. The summed E-state index contributed by atoms with van der Waals surface area (Å²) in [5, 5.41) is 1.31. The van der Waals surface area contributed by atoms with Gasteiger partial charge in [0.05, 0.1) is 16.8 Å². The molecule has 0 amide bonds. The zero-order valence-corrected chi connectivity index (χ0v) is 17.2. The number of nitrogens with zero attached hydrogens (tertiary/aromatic N) is 1. The molecule has 30 heavy (non-hydrogen) atoms. The van der Waals surface area contributed by atoms with Gasteiger partial charge in [-0.3, -0.25) is 0 Å². The minimum Gasteiger partial charge on any atom is -0.490 e. The molecular formula is C25H20ClNO3. The van der Waals surface area contributed by atoms with Crippen molar-refractivity contribution in [3.63, 3.8) is 0 Å². The summed E-state index contributed by atoms with van der Waals surface area (Å²) in [6, 6.07) is 24.4. The van der Waals surface area contributed by atoms with E-state index in [0.717, 1.165) is 22.3 Å². The number of carbonyl (C=O) groups excluding carboxylic acids is 1. The maximum atomic E-state index is 12.9. The average Bonchev–Trinajstić information content (AvgIpc) is 2.76. The van der Waals surface area contributed by atoms with Gasteiger partial charge in [-0.15, -0.1) is 0 Å². The zero-order valence-electron chi connectivity index (χ0n) is 16.5. The molecule has 0 atom stereocenters. The minimum absolute atomic E-state index is 0.144. The second-order valence-electron chi connectivity index (χ2n) is 6.85. The van der Waals surface area contributed by atoms with Gasteiger partial charge in [-0.25, -0.2) is 9.78 Å². The predicted molar refractivity (Wildman–Crippen MR) is 119 cm³/mol. The van der Waals surface area contributed by atoms with Crippen LogP contribution in [0.4, 0.5) is 0 Å². The van der Waals surface area contributed by atoms with E-state index in [1.165, 1.54) is 0 Å². The van der Waals surface area contributed by atoms with E-state index in [4.69, 9.17) is 21.1 Å². The summed E-state index contributed by atoms with van der Waals surface area (Å²) in [4.78, 5) is 17.5. The molecule has 0 saturated carbocycles. The van der Waals surface area contributed by atoms with Crippen molar-refractivity contribution in [2.75, 3.05) is 13.2 Å². The Balaban J connectivity index is 1.55. The van der Waals surface area contributed by atoms with Crippen LogP contribution in [-0.2, 0) is 4.74 Å². The molecule has 0 fully saturated rings. The van der Waals surface area contributed by atoms with E-state index in [-0.39, 0.29) is 13.2 Å². The number of esters is 1. The molecule has 5 heteroatoms. The molecule has 0 spiro atoms. The normalized spacial score (nSPS) is 10.7. The van der Waals surface area contributed by atoms with Gasteiger partial charge in [-0.1, -0.05) is 60.1 Å². The summed E-state index contributed by atoms with van der Waals surface area (Å²) in [7, 11) is 0. The molecule has 3 aromatic carbocycles. The molecule has 0 aliphatic rings. The molecule has 0 aliphatic carbocycles. The number of aromatic nitrogens is 1. The van der Waals surface area contributed by atoms with Crippen molar-refractivity contribution in [2.45, 2.75) is 6.92 Å². The van der Waals surface area contributed by atoms with Gasteiger partial charge >= 0.3 is 5.97 Å². The maximum absolute atomic E-state index is 12.9. The second kappa shape index (κ2) is 8.97. The molecule has 0 saturated heterocycles. The highest BCUT2D eigenvalue weighted by atomic mass is 35.5. The molecule has 1 heterocycles. The van der Waals surface area contributed by atoms with E-state index in [2.05, 4.69) is 4.98 Å². The molecule has 4 nitrogen and oxygen atoms in total. The number of carbonyl (C=O) groups is 1. The van der Waals surface area contributed by atoms with E-state index in [1.54, 1.807) is 12.1 Å². The number of aryl methyl sites for hydroxylation is 1. The first-order chi connectivity index (χ1) is 14.6. The van der Waals surface area contributed by atoms with Crippen molar-refractivity contribution < 1.29 is 14.3 Å². The number of hydrogen-bond acceptors (Lipinski definition) is 4. The topological polar surface area (TPSA) is 48.4 Å². The van der Waals surface area contributed by atoms with Gasteiger partial charge in [0, 0.05) is 16.0 Å². The van der Waals surface area contributed by atoms with Crippen LogP contribution in [-0.4, -0.2) is 24.2 Å². The molecule has 0 aliphatic heterocycles. The lowest BCUT2D eigenvalue weighted by atomic mass is 10.0. The first kappa shape index (κ1) is 19.9. The number of para-hydroxylation sites is 1. The van der Waals surface area contributed by atoms with Crippen molar-refractivity contribution >= 4 is 28.5 Å². The van der Waals surface area contributed by atoms with Crippen LogP contribution in [0, 0.1) is 6.92 Å². The van der Waals surface area contributed by atoms with Gasteiger partial charge in [0.15, 0.2) is 0 Å². The highest BCUT2D eigenvalue weighted by Gasteiger charge is 2.16. The summed E-state index contributed by atoms with van der Waals surface area (Å²) < 4.78 is 11.1. The Hall–Kier alpha value is -3.37. The molecule has 4 rings (SSSR count). The lowest BCUT2D eigenvalue weighted by Gasteiger charge is -2.11. The largest absolute Gasteiger partial charge is 0.490 e.